The van der Waals surface area contributed by atoms with Crippen LogP contribution in [0, 0.1) is 21.4 Å². The van der Waals surface area contributed by atoms with Gasteiger partial charge in [0.1, 0.15) is 0 Å². The fourth-order valence-electron chi connectivity index (χ4n) is 1.92. The molecule has 2 aromatic rings. The first-order chi connectivity index (χ1) is 10.6. The molecule has 0 unspecified atom stereocenters. The molecule has 0 aliphatic carbocycles. The Kier molecular flexibility index (Phi) is 4.39. The van der Waals surface area contributed by atoms with E-state index in [-0.39, 0.29) is 17.0 Å². The van der Waals surface area contributed by atoms with Crippen LogP contribution in [0.25, 0.3) is 11.6 Å². The standard InChI is InChI=1S/C16H12N2O4/c1-22-15-4-2-3-12(16(15)19)9-13(10-17)11-5-7-14(8-6-11)18(20)21/h2-9,19H,1H3/b13-9+. The number of phenolic OH excluding ortho intramolecular Hbond substituents is 1. The molecule has 1 N–H and O–H groups in total. The van der Waals surface area contributed by atoms with Crippen LogP contribution in [0.15, 0.2) is 42.5 Å². The van der Waals surface area contributed by atoms with E-state index in [0.29, 0.717) is 16.9 Å². The maximum absolute atomic E-state index is 10.6. The summed E-state index contributed by atoms with van der Waals surface area (Å²) in [4.78, 5) is 10.1. The molecule has 0 bridgehead atoms. The second-order valence-electron chi connectivity index (χ2n) is 4.37. The Bertz CT molecular complexity index is 774. The van der Waals surface area contributed by atoms with Gasteiger partial charge in [-0.25, -0.2) is 0 Å². The third kappa shape index (κ3) is 3.04. The van der Waals surface area contributed by atoms with Crippen molar-refractivity contribution in [2.45, 2.75) is 0 Å². The van der Waals surface area contributed by atoms with Crippen LogP contribution >= 0.6 is 0 Å². The summed E-state index contributed by atoms with van der Waals surface area (Å²) in [6, 6.07) is 12.6. The van der Waals surface area contributed by atoms with E-state index in [0.717, 1.165) is 0 Å². The third-order valence-corrected chi connectivity index (χ3v) is 3.06. The minimum Gasteiger partial charge on any atom is -0.504 e. The van der Waals surface area contributed by atoms with Crippen molar-refractivity contribution in [1.29, 1.82) is 5.26 Å². The van der Waals surface area contributed by atoms with Gasteiger partial charge in [0.15, 0.2) is 11.5 Å². The Balaban J connectivity index is 2.44. The lowest BCUT2D eigenvalue weighted by atomic mass is 10.0. The molecule has 0 aromatic heterocycles. The number of para-hydroxylation sites is 1. The summed E-state index contributed by atoms with van der Waals surface area (Å²) < 4.78 is 5.01. The number of nitriles is 1. The molecule has 0 saturated heterocycles. The maximum atomic E-state index is 10.6. The Morgan fingerprint density at radius 1 is 1.32 bits per heavy atom. The second kappa shape index (κ2) is 6.41. The number of hydrogen-bond donors (Lipinski definition) is 1. The molecule has 0 saturated carbocycles. The molecule has 0 atom stereocenters. The highest BCUT2D eigenvalue weighted by Gasteiger charge is 2.09. The number of ether oxygens (including phenoxy) is 1. The summed E-state index contributed by atoms with van der Waals surface area (Å²) >= 11 is 0. The highest BCUT2D eigenvalue weighted by Crippen LogP contribution is 2.32. The van der Waals surface area contributed by atoms with Crippen LogP contribution in [-0.4, -0.2) is 17.1 Å². The summed E-state index contributed by atoms with van der Waals surface area (Å²) in [5.41, 5.74) is 1.17. The van der Waals surface area contributed by atoms with Gasteiger partial charge >= 0.3 is 0 Å². The zero-order valence-electron chi connectivity index (χ0n) is 11.7. The van der Waals surface area contributed by atoms with Crippen molar-refractivity contribution in [2.75, 3.05) is 7.11 Å². The molecule has 2 aromatic carbocycles. The van der Waals surface area contributed by atoms with Crippen LogP contribution in [-0.2, 0) is 0 Å². The predicted molar refractivity (Wildman–Crippen MR) is 81.2 cm³/mol. The minimum absolute atomic E-state index is 0.0507. The Hall–Kier alpha value is -3.33. The molecule has 0 fully saturated rings. The van der Waals surface area contributed by atoms with Crippen molar-refractivity contribution < 1.29 is 14.8 Å². The second-order valence-corrected chi connectivity index (χ2v) is 4.37. The number of rotatable bonds is 4. The number of nitrogens with zero attached hydrogens (tertiary/aromatic N) is 2. The van der Waals surface area contributed by atoms with Gasteiger partial charge in [0.2, 0.25) is 0 Å². The molecule has 0 amide bonds. The summed E-state index contributed by atoms with van der Waals surface area (Å²) in [7, 11) is 1.43. The number of benzene rings is 2. The van der Waals surface area contributed by atoms with Crippen LogP contribution in [0.4, 0.5) is 5.69 Å². The van der Waals surface area contributed by atoms with Crippen LogP contribution in [0.1, 0.15) is 11.1 Å². The minimum atomic E-state index is -0.507. The Morgan fingerprint density at radius 2 is 2.00 bits per heavy atom. The number of non-ortho nitro benzene ring substituents is 1. The van der Waals surface area contributed by atoms with Gasteiger partial charge in [-0.05, 0) is 29.8 Å². The van der Waals surface area contributed by atoms with E-state index in [1.54, 1.807) is 18.2 Å². The van der Waals surface area contributed by atoms with Crippen molar-refractivity contribution in [3.05, 3.63) is 63.7 Å². The zero-order chi connectivity index (χ0) is 16.1. The molecule has 6 nitrogen and oxygen atoms in total. The van der Waals surface area contributed by atoms with Crippen molar-refractivity contribution in [1.82, 2.24) is 0 Å². The molecule has 0 aliphatic rings. The molecule has 0 aliphatic heterocycles. The lowest BCUT2D eigenvalue weighted by Gasteiger charge is -2.06. The molecule has 0 heterocycles. The van der Waals surface area contributed by atoms with E-state index in [9.17, 15) is 20.5 Å². The van der Waals surface area contributed by atoms with E-state index in [1.807, 2.05) is 6.07 Å². The molecule has 6 heteroatoms. The monoisotopic (exact) mass is 296 g/mol. The highest BCUT2D eigenvalue weighted by molar-refractivity contribution is 5.91. The first kappa shape index (κ1) is 15.1. The van der Waals surface area contributed by atoms with Gasteiger partial charge in [-0.2, -0.15) is 5.26 Å². The average Bonchev–Trinajstić information content (AvgIpc) is 2.54. The van der Waals surface area contributed by atoms with Crippen LogP contribution < -0.4 is 4.74 Å². The van der Waals surface area contributed by atoms with E-state index in [4.69, 9.17) is 4.74 Å². The van der Waals surface area contributed by atoms with Gasteiger partial charge in [-0.1, -0.05) is 12.1 Å². The first-order valence-electron chi connectivity index (χ1n) is 6.29. The lowest BCUT2D eigenvalue weighted by Crippen LogP contribution is -1.89. The highest BCUT2D eigenvalue weighted by atomic mass is 16.6. The topological polar surface area (TPSA) is 96.4 Å². The van der Waals surface area contributed by atoms with Gasteiger partial charge in [0.05, 0.1) is 23.7 Å². The fraction of sp³-hybridized carbons (Fsp3) is 0.0625. The van der Waals surface area contributed by atoms with Crippen molar-refractivity contribution in [2.24, 2.45) is 0 Å². The predicted octanol–water partition coefficient (Wildman–Crippen LogP) is 3.37. The number of allylic oxidation sites excluding steroid dienone is 1. The van der Waals surface area contributed by atoms with Crippen LogP contribution in [0.3, 0.4) is 0 Å². The molecule has 22 heavy (non-hydrogen) atoms. The number of nitro groups is 1. The van der Waals surface area contributed by atoms with Crippen molar-refractivity contribution >= 4 is 17.3 Å². The van der Waals surface area contributed by atoms with E-state index < -0.39 is 4.92 Å². The van der Waals surface area contributed by atoms with Gasteiger partial charge < -0.3 is 9.84 Å². The number of aromatic hydroxyl groups is 1. The lowest BCUT2D eigenvalue weighted by molar-refractivity contribution is -0.384. The van der Waals surface area contributed by atoms with Gasteiger partial charge in [-0.15, -0.1) is 0 Å². The van der Waals surface area contributed by atoms with Crippen molar-refractivity contribution in [3.8, 4) is 17.6 Å². The van der Waals surface area contributed by atoms with Gasteiger partial charge in [0.25, 0.3) is 5.69 Å². The quantitative estimate of drug-likeness (QED) is 0.404. The maximum Gasteiger partial charge on any atom is 0.269 e. The van der Waals surface area contributed by atoms with E-state index in [1.165, 1.54) is 37.5 Å². The third-order valence-electron chi connectivity index (χ3n) is 3.06. The largest absolute Gasteiger partial charge is 0.504 e. The summed E-state index contributed by atoms with van der Waals surface area (Å²) in [5.74, 6) is 0.231. The Morgan fingerprint density at radius 3 is 2.55 bits per heavy atom. The summed E-state index contributed by atoms with van der Waals surface area (Å²) in [5, 5.41) is 29.9. The van der Waals surface area contributed by atoms with Crippen LogP contribution in [0.2, 0.25) is 0 Å². The van der Waals surface area contributed by atoms with Crippen LogP contribution in [0.5, 0.6) is 11.5 Å². The fourth-order valence-corrected chi connectivity index (χ4v) is 1.92. The molecule has 0 spiro atoms. The number of hydrogen-bond acceptors (Lipinski definition) is 5. The number of methoxy groups -OCH3 is 1. The number of phenols is 1. The zero-order valence-corrected chi connectivity index (χ0v) is 11.7. The average molecular weight is 296 g/mol. The molecule has 2 rings (SSSR count). The Labute approximate surface area is 126 Å². The summed E-state index contributed by atoms with van der Waals surface area (Å²) in [6.45, 7) is 0. The van der Waals surface area contributed by atoms with Gasteiger partial charge in [-0.3, -0.25) is 10.1 Å². The molecule has 0 radical (unpaired) electrons. The molecular weight excluding hydrogens is 284 g/mol. The normalized spacial score (nSPS) is 10.8. The summed E-state index contributed by atoms with van der Waals surface area (Å²) in [6.07, 6.45) is 1.50. The smallest absolute Gasteiger partial charge is 0.269 e. The number of nitro benzene ring substituents is 1. The molecular formula is C16H12N2O4. The first-order valence-corrected chi connectivity index (χ1v) is 6.29. The SMILES string of the molecule is COc1cccc(/C=C(\C#N)c2ccc([N+](=O)[O-])cc2)c1O. The van der Waals surface area contributed by atoms with Crippen molar-refractivity contribution in [3.63, 3.8) is 0 Å². The molecule has 110 valence electrons. The van der Waals surface area contributed by atoms with E-state index >= 15 is 0 Å². The van der Waals surface area contributed by atoms with E-state index in [2.05, 4.69) is 0 Å². The van der Waals surface area contributed by atoms with Gasteiger partial charge in [0, 0.05) is 17.7 Å².